The molecule has 28 heavy (non-hydrogen) atoms. The fourth-order valence-electron chi connectivity index (χ4n) is 3.07. The van der Waals surface area contributed by atoms with Crippen molar-refractivity contribution in [1.82, 2.24) is 10.2 Å². The van der Waals surface area contributed by atoms with Crippen molar-refractivity contribution in [2.75, 3.05) is 6.54 Å². The van der Waals surface area contributed by atoms with E-state index in [-0.39, 0.29) is 6.61 Å². The molecule has 1 saturated heterocycles. The first kappa shape index (κ1) is 21.5. The van der Waals surface area contributed by atoms with Gasteiger partial charge in [-0.1, -0.05) is 30.3 Å². The van der Waals surface area contributed by atoms with Crippen LogP contribution in [0, 0.1) is 0 Å². The van der Waals surface area contributed by atoms with E-state index in [1.54, 1.807) is 32.9 Å². The Kier molecular flexibility index (Phi) is 7.25. The third-order valence-electron chi connectivity index (χ3n) is 4.31. The van der Waals surface area contributed by atoms with Crippen LogP contribution in [0.15, 0.2) is 30.3 Å². The number of carbonyl (C=O) groups is 3. The number of benzene rings is 1. The van der Waals surface area contributed by atoms with Gasteiger partial charge in [0.05, 0.1) is 6.04 Å². The van der Waals surface area contributed by atoms with Crippen LogP contribution < -0.4 is 5.32 Å². The van der Waals surface area contributed by atoms with Gasteiger partial charge in [0.1, 0.15) is 12.2 Å². The summed E-state index contributed by atoms with van der Waals surface area (Å²) in [5.41, 5.74) is 0.0948. The lowest BCUT2D eigenvalue weighted by atomic mass is 9.96. The van der Waals surface area contributed by atoms with Gasteiger partial charge in [-0.15, -0.1) is 0 Å². The van der Waals surface area contributed by atoms with Gasteiger partial charge in [0, 0.05) is 6.54 Å². The molecule has 2 atom stereocenters. The minimum Gasteiger partial charge on any atom is -0.480 e. The SMILES string of the molecule is CC(C)(C)OC(=O)N1CCCCC1C(NC(=O)OCc1ccccc1)C(=O)O. The van der Waals surface area contributed by atoms with Crippen LogP contribution in [0.3, 0.4) is 0 Å². The van der Waals surface area contributed by atoms with E-state index < -0.39 is 35.8 Å². The molecule has 2 unspecified atom stereocenters. The second-order valence-corrected chi connectivity index (χ2v) is 7.76. The first-order chi connectivity index (χ1) is 13.2. The van der Waals surface area contributed by atoms with Crippen molar-refractivity contribution >= 4 is 18.2 Å². The Hall–Kier alpha value is -2.77. The van der Waals surface area contributed by atoms with Crippen molar-refractivity contribution < 1.29 is 29.0 Å². The third kappa shape index (κ3) is 6.44. The lowest BCUT2D eigenvalue weighted by Crippen LogP contribution is -2.59. The molecule has 0 bridgehead atoms. The lowest BCUT2D eigenvalue weighted by molar-refractivity contribution is -0.141. The number of aliphatic carboxylic acids is 1. The molecule has 1 aromatic carbocycles. The average molecular weight is 392 g/mol. The molecule has 0 radical (unpaired) electrons. The number of nitrogens with zero attached hydrogens (tertiary/aromatic N) is 1. The van der Waals surface area contributed by atoms with E-state index in [0.717, 1.165) is 18.4 Å². The summed E-state index contributed by atoms with van der Waals surface area (Å²) in [5.74, 6) is -1.22. The number of hydrogen-bond acceptors (Lipinski definition) is 5. The Morgan fingerprint density at radius 2 is 1.89 bits per heavy atom. The summed E-state index contributed by atoms with van der Waals surface area (Å²) in [6.45, 7) is 5.65. The molecule has 0 spiro atoms. The molecule has 0 saturated carbocycles. The number of hydrogen-bond donors (Lipinski definition) is 2. The number of alkyl carbamates (subject to hydrolysis) is 1. The molecule has 8 heteroatoms. The Morgan fingerprint density at radius 3 is 2.50 bits per heavy atom. The van der Waals surface area contributed by atoms with Crippen LogP contribution in [0.5, 0.6) is 0 Å². The molecule has 2 rings (SSSR count). The van der Waals surface area contributed by atoms with Gasteiger partial charge < -0.3 is 24.8 Å². The summed E-state index contributed by atoms with van der Waals surface area (Å²) < 4.78 is 10.5. The zero-order valence-electron chi connectivity index (χ0n) is 16.5. The number of rotatable bonds is 5. The Morgan fingerprint density at radius 1 is 1.21 bits per heavy atom. The minimum absolute atomic E-state index is 0.0272. The van der Waals surface area contributed by atoms with Crippen LogP contribution in [0.2, 0.25) is 0 Å². The topological polar surface area (TPSA) is 105 Å². The molecule has 8 nitrogen and oxygen atoms in total. The zero-order chi connectivity index (χ0) is 20.7. The lowest BCUT2D eigenvalue weighted by Gasteiger charge is -2.39. The third-order valence-corrected chi connectivity index (χ3v) is 4.31. The number of ether oxygens (including phenoxy) is 2. The second-order valence-electron chi connectivity index (χ2n) is 7.76. The Bertz CT molecular complexity index is 686. The molecule has 1 fully saturated rings. The standard InChI is InChI=1S/C20H28N2O6/c1-20(2,3)28-19(26)22-12-8-7-11-15(22)16(17(23)24)21-18(25)27-13-14-9-5-4-6-10-14/h4-6,9-10,15-16H,7-8,11-13H2,1-3H3,(H,21,25)(H,23,24). The van der Waals surface area contributed by atoms with E-state index >= 15 is 0 Å². The maximum atomic E-state index is 12.5. The number of amides is 2. The van der Waals surface area contributed by atoms with Crippen LogP contribution in [-0.4, -0.2) is 52.4 Å². The number of piperidine rings is 1. The van der Waals surface area contributed by atoms with Gasteiger partial charge in [-0.3, -0.25) is 0 Å². The molecule has 0 aliphatic carbocycles. The van der Waals surface area contributed by atoms with E-state index in [1.807, 2.05) is 18.2 Å². The molecular weight excluding hydrogens is 364 g/mol. The van der Waals surface area contributed by atoms with Gasteiger partial charge in [-0.25, -0.2) is 14.4 Å². The van der Waals surface area contributed by atoms with Crippen molar-refractivity contribution in [1.29, 1.82) is 0 Å². The second kappa shape index (κ2) is 9.43. The van der Waals surface area contributed by atoms with Crippen molar-refractivity contribution in [2.24, 2.45) is 0 Å². The van der Waals surface area contributed by atoms with Crippen molar-refractivity contribution in [3.63, 3.8) is 0 Å². The normalized spacial score (nSPS) is 18.1. The monoisotopic (exact) mass is 392 g/mol. The minimum atomic E-state index is -1.28. The first-order valence-electron chi connectivity index (χ1n) is 9.37. The first-order valence-corrected chi connectivity index (χ1v) is 9.37. The smallest absolute Gasteiger partial charge is 0.410 e. The summed E-state index contributed by atoms with van der Waals surface area (Å²) in [6.07, 6.45) is 0.540. The fraction of sp³-hybridized carbons (Fsp3) is 0.550. The number of nitrogens with one attached hydrogen (secondary N) is 1. The number of carboxylic acid groups (broad SMARTS) is 1. The maximum absolute atomic E-state index is 12.5. The van der Waals surface area contributed by atoms with Crippen LogP contribution in [0.25, 0.3) is 0 Å². The van der Waals surface area contributed by atoms with Gasteiger partial charge in [-0.05, 0) is 45.6 Å². The molecule has 1 aliphatic rings. The largest absolute Gasteiger partial charge is 0.480 e. The van der Waals surface area contributed by atoms with Gasteiger partial charge >= 0.3 is 18.2 Å². The van der Waals surface area contributed by atoms with Gasteiger partial charge in [0.15, 0.2) is 6.04 Å². The van der Waals surface area contributed by atoms with E-state index in [2.05, 4.69) is 5.32 Å². The molecule has 2 amide bonds. The average Bonchev–Trinajstić information content (AvgIpc) is 2.63. The summed E-state index contributed by atoms with van der Waals surface area (Å²) >= 11 is 0. The van der Waals surface area contributed by atoms with Gasteiger partial charge in [-0.2, -0.15) is 0 Å². The quantitative estimate of drug-likeness (QED) is 0.797. The molecule has 1 aliphatic heterocycles. The van der Waals surface area contributed by atoms with Crippen molar-refractivity contribution in [2.45, 2.75) is 64.3 Å². The van der Waals surface area contributed by atoms with Crippen molar-refractivity contribution in [3.05, 3.63) is 35.9 Å². The predicted molar refractivity (Wildman–Crippen MR) is 102 cm³/mol. The van der Waals surface area contributed by atoms with E-state index in [1.165, 1.54) is 4.90 Å². The van der Waals surface area contributed by atoms with Crippen LogP contribution in [0.4, 0.5) is 9.59 Å². The summed E-state index contributed by atoms with van der Waals surface area (Å²) in [6, 6.07) is 7.09. The molecule has 0 aromatic heterocycles. The number of carbonyl (C=O) groups excluding carboxylic acids is 2. The van der Waals surface area contributed by atoms with Gasteiger partial charge in [0.2, 0.25) is 0 Å². The van der Waals surface area contributed by atoms with Crippen LogP contribution >= 0.6 is 0 Å². The molecule has 1 heterocycles. The van der Waals surface area contributed by atoms with E-state index in [0.29, 0.717) is 13.0 Å². The van der Waals surface area contributed by atoms with E-state index in [4.69, 9.17) is 9.47 Å². The summed E-state index contributed by atoms with van der Waals surface area (Å²) in [4.78, 5) is 37.9. The van der Waals surface area contributed by atoms with Crippen LogP contribution in [-0.2, 0) is 20.9 Å². The highest BCUT2D eigenvalue weighted by atomic mass is 16.6. The number of likely N-dealkylation sites (tertiary alicyclic amines) is 1. The maximum Gasteiger partial charge on any atom is 0.410 e. The molecule has 2 N–H and O–H groups in total. The Labute approximate surface area is 164 Å². The Balaban J connectivity index is 2.04. The molecule has 154 valence electrons. The van der Waals surface area contributed by atoms with Crippen LogP contribution in [0.1, 0.15) is 45.6 Å². The zero-order valence-corrected chi connectivity index (χ0v) is 16.5. The number of carboxylic acids is 1. The summed E-state index contributed by atoms with van der Waals surface area (Å²) in [5, 5.41) is 12.0. The van der Waals surface area contributed by atoms with E-state index in [9.17, 15) is 19.5 Å². The van der Waals surface area contributed by atoms with Gasteiger partial charge in [0.25, 0.3) is 0 Å². The highest BCUT2D eigenvalue weighted by Crippen LogP contribution is 2.23. The molecule has 1 aromatic rings. The highest BCUT2D eigenvalue weighted by molar-refractivity contribution is 5.81. The summed E-state index contributed by atoms with van der Waals surface area (Å²) in [7, 11) is 0. The highest BCUT2D eigenvalue weighted by Gasteiger charge is 2.39. The van der Waals surface area contributed by atoms with Crippen molar-refractivity contribution in [3.8, 4) is 0 Å². The molecular formula is C20H28N2O6. The predicted octanol–water partition coefficient (Wildman–Crippen LogP) is 3.16. The fourth-order valence-corrected chi connectivity index (χ4v) is 3.07.